The van der Waals surface area contributed by atoms with E-state index in [1.807, 2.05) is 0 Å². The Morgan fingerprint density at radius 2 is 0.950 bits per heavy atom. The lowest BCUT2D eigenvalue weighted by Gasteiger charge is -2.41. The smallest absolute Gasteiger partial charge is 0.462 e. The molecule has 6 unspecified atom stereocenters. The highest BCUT2D eigenvalue weighted by Crippen LogP contribution is 2.47. The number of carbonyl (C=O) groups is 2. The van der Waals surface area contributed by atoms with Crippen molar-refractivity contribution in [1.29, 1.82) is 0 Å². The number of aliphatic hydroxyl groups is 5. The van der Waals surface area contributed by atoms with E-state index in [-0.39, 0.29) is 12.8 Å². The number of carbonyl (C=O) groups excluding carboxylic acids is 2. The molecule has 0 aliphatic heterocycles. The standard InChI is InChI=1S/C46H79O13P/c1-3-5-7-9-11-13-15-17-19-20-21-23-25-27-29-31-33-35-40(48)58-38(37-57-60(54,55)59-46-44(52)42(50)41(49)43(51)45(46)53)36-56-39(47)34-32-30-28-26-24-22-18-16-14-12-10-8-6-4-2/h5,7,11,13,16-19,21,23,38,41-46,49-53H,3-4,6,8-10,12,14-15,20,22,24-37H2,1-2H3,(H,54,55)/b7-5-,13-11-,18-16-,19-17-,23-21-. The molecule has 0 aromatic carbocycles. The Balaban J connectivity index is 2.50. The van der Waals surface area contributed by atoms with Crippen LogP contribution >= 0.6 is 7.82 Å². The molecule has 13 nitrogen and oxygen atoms in total. The van der Waals surface area contributed by atoms with Crippen LogP contribution in [0.3, 0.4) is 0 Å². The van der Waals surface area contributed by atoms with E-state index in [2.05, 4.69) is 74.6 Å². The van der Waals surface area contributed by atoms with E-state index in [9.17, 15) is 44.6 Å². The number of unbranched alkanes of at least 4 members (excludes halogenated alkanes) is 14. The first-order valence-electron chi connectivity index (χ1n) is 22.6. The van der Waals surface area contributed by atoms with Crippen molar-refractivity contribution in [3.63, 3.8) is 0 Å². The lowest BCUT2D eigenvalue weighted by molar-refractivity contribution is -0.220. The lowest BCUT2D eigenvalue weighted by Crippen LogP contribution is -2.64. The number of phosphoric ester groups is 1. The molecule has 1 aliphatic rings. The fourth-order valence-electron chi connectivity index (χ4n) is 6.45. The molecule has 346 valence electrons. The van der Waals surface area contributed by atoms with Crippen LogP contribution < -0.4 is 0 Å². The molecule has 0 saturated heterocycles. The Bertz CT molecular complexity index is 1280. The van der Waals surface area contributed by atoms with E-state index in [1.165, 1.54) is 32.1 Å². The summed E-state index contributed by atoms with van der Waals surface area (Å²) in [6.45, 7) is 3.13. The minimum absolute atomic E-state index is 0.0646. The SMILES string of the molecule is CC/C=C\C/C=C\C/C=C\C/C=C\CCCCCCC(=O)OC(COC(=O)CCCCCCC/C=C\CCCCCCC)COP(=O)(O)OC1C(O)C(O)C(O)C(O)C1O. The zero-order valence-electron chi connectivity index (χ0n) is 36.5. The quantitative estimate of drug-likeness (QED) is 0.0151. The summed E-state index contributed by atoms with van der Waals surface area (Å²) in [5.41, 5.74) is 0. The maximum atomic E-state index is 12.8. The summed E-state index contributed by atoms with van der Waals surface area (Å²) in [7, 11) is -5.13. The first-order chi connectivity index (χ1) is 28.9. The highest BCUT2D eigenvalue weighted by atomic mass is 31.2. The Morgan fingerprint density at radius 3 is 1.47 bits per heavy atom. The number of hydrogen-bond donors (Lipinski definition) is 6. The van der Waals surface area contributed by atoms with E-state index in [1.54, 1.807) is 0 Å². The van der Waals surface area contributed by atoms with Gasteiger partial charge in [0.15, 0.2) is 6.10 Å². The van der Waals surface area contributed by atoms with Crippen molar-refractivity contribution in [3.05, 3.63) is 60.8 Å². The number of rotatable bonds is 36. The number of esters is 2. The van der Waals surface area contributed by atoms with Gasteiger partial charge in [0.05, 0.1) is 6.61 Å². The summed E-state index contributed by atoms with van der Waals surface area (Å²) < 4.78 is 33.5. The van der Waals surface area contributed by atoms with E-state index in [0.717, 1.165) is 89.9 Å². The molecule has 1 fully saturated rings. The molecule has 0 aromatic rings. The number of phosphoric acid groups is 1. The maximum absolute atomic E-state index is 12.8. The molecule has 1 rings (SSSR count). The molecular weight excluding hydrogens is 791 g/mol. The zero-order valence-corrected chi connectivity index (χ0v) is 37.4. The number of aliphatic hydroxyl groups excluding tert-OH is 5. The van der Waals surface area contributed by atoms with Crippen LogP contribution in [-0.4, -0.2) is 98.3 Å². The molecule has 0 amide bonds. The van der Waals surface area contributed by atoms with E-state index in [4.69, 9.17) is 18.5 Å². The van der Waals surface area contributed by atoms with Crippen LogP contribution in [0.15, 0.2) is 60.8 Å². The average Bonchev–Trinajstić information content (AvgIpc) is 3.23. The predicted octanol–water partition coefficient (Wildman–Crippen LogP) is 8.55. The van der Waals surface area contributed by atoms with Gasteiger partial charge < -0.3 is 39.9 Å². The van der Waals surface area contributed by atoms with Crippen molar-refractivity contribution in [2.75, 3.05) is 13.2 Å². The van der Waals surface area contributed by atoms with Gasteiger partial charge in [-0.2, -0.15) is 0 Å². The van der Waals surface area contributed by atoms with Gasteiger partial charge in [-0.1, -0.05) is 132 Å². The Morgan fingerprint density at radius 1 is 0.533 bits per heavy atom. The molecule has 14 heteroatoms. The van der Waals surface area contributed by atoms with Gasteiger partial charge in [-0.05, 0) is 77.0 Å². The Hall–Kier alpha value is -2.45. The molecule has 0 spiro atoms. The fraction of sp³-hybridized carbons (Fsp3) is 0.739. The first kappa shape index (κ1) is 55.6. The molecule has 6 N–H and O–H groups in total. The summed E-state index contributed by atoms with van der Waals surface area (Å²) in [5, 5.41) is 50.1. The summed E-state index contributed by atoms with van der Waals surface area (Å²) in [6.07, 6.45) is 29.9. The van der Waals surface area contributed by atoms with Crippen molar-refractivity contribution < 1.29 is 63.1 Å². The Labute approximate surface area is 360 Å². The average molecular weight is 871 g/mol. The number of hydrogen-bond acceptors (Lipinski definition) is 12. The predicted molar refractivity (Wildman–Crippen MR) is 235 cm³/mol. The normalized spacial score (nSPS) is 22.7. The molecule has 1 saturated carbocycles. The van der Waals surface area contributed by atoms with Gasteiger partial charge >= 0.3 is 19.8 Å². The van der Waals surface area contributed by atoms with E-state index in [0.29, 0.717) is 12.8 Å². The molecule has 0 bridgehead atoms. The second-order valence-corrected chi connectivity index (χ2v) is 16.9. The van der Waals surface area contributed by atoms with E-state index < -0.39 is 75.7 Å². The van der Waals surface area contributed by atoms with E-state index >= 15 is 0 Å². The summed E-state index contributed by atoms with van der Waals surface area (Å²) >= 11 is 0. The number of allylic oxidation sites excluding steroid dienone is 10. The van der Waals surface area contributed by atoms with Gasteiger partial charge in [0.1, 0.15) is 43.2 Å². The second kappa shape index (κ2) is 36.1. The summed E-state index contributed by atoms with van der Waals surface area (Å²) in [5.74, 6) is -1.14. The van der Waals surface area contributed by atoms with Crippen LogP contribution in [0, 0.1) is 0 Å². The molecular formula is C46H79O13P. The van der Waals surface area contributed by atoms with Gasteiger partial charge in [0.2, 0.25) is 0 Å². The monoisotopic (exact) mass is 871 g/mol. The highest BCUT2D eigenvalue weighted by Gasteiger charge is 2.51. The summed E-state index contributed by atoms with van der Waals surface area (Å²) in [6, 6.07) is 0. The van der Waals surface area contributed by atoms with Gasteiger partial charge in [0, 0.05) is 12.8 Å². The molecule has 1 aliphatic carbocycles. The van der Waals surface area contributed by atoms with Crippen molar-refractivity contribution in [2.24, 2.45) is 0 Å². The largest absolute Gasteiger partial charge is 0.472 e. The molecule has 6 atom stereocenters. The second-order valence-electron chi connectivity index (χ2n) is 15.5. The van der Waals surface area contributed by atoms with Crippen molar-refractivity contribution >= 4 is 19.8 Å². The third-order valence-corrected chi connectivity index (χ3v) is 11.1. The van der Waals surface area contributed by atoms with Crippen molar-refractivity contribution in [3.8, 4) is 0 Å². The third kappa shape index (κ3) is 28.2. The topological polar surface area (TPSA) is 210 Å². The third-order valence-electron chi connectivity index (χ3n) is 10.1. The Kier molecular flexibility index (Phi) is 33.4. The van der Waals surface area contributed by atoms with Gasteiger partial charge in [-0.25, -0.2) is 4.57 Å². The molecule has 60 heavy (non-hydrogen) atoms. The fourth-order valence-corrected chi connectivity index (χ4v) is 7.42. The van der Waals surface area contributed by atoms with Gasteiger partial charge in [-0.15, -0.1) is 0 Å². The van der Waals surface area contributed by atoms with Crippen molar-refractivity contribution in [2.45, 2.75) is 204 Å². The maximum Gasteiger partial charge on any atom is 0.472 e. The lowest BCUT2D eigenvalue weighted by atomic mass is 9.85. The van der Waals surface area contributed by atoms with Gasteiger partial charge in [0.25, 0.3) is 0 Å². The minimum Gasteiger partial charge on any atom is -0.462 e. The van der Waals surface area contributed by atoms with Crippen LogP contribution in [0.4, 0.5) is 0 Å². The molecule has 0 radical (unpaired) electrons. The number of ether oxygens (including phenoxy) is 2. The highest BCUT2D eigenvalue weighted by molar-refractivity contribution is 7.47. The molecule has 0 aromatic heterocycles. The molecule has 0 heterocycles. The summed E-state index contributed by atoms with van der Waals surface area (Å²) in [4.78, 5) is 35.7. The van der Waals surface area contributed by atoms with Crippen LogP contribution in [-0.2, 0) is 32.7 Å². The van der Waals surface area contributed by atoms with Crippen LogP contribution in [0.5, 0.6) is 0 Å². The van der Waals surface area contributed by atoms with Crippen LogP contribution in [0.25, 0.3) is 0 Å². The first-order valence-corrected chi connectivity index (χ1v) is 24.1. The van der Waals surface area contributed by atoms with Crippen molar-refractivity contribution in [1.82, 2.24) is 0 Å². The van der Waals surface area contributed by atoms with Crippen LogP contribution in [0.1, 0.15) is 162 Å². The van der Waals surface area contributed by atoms with Crippen LogP contribution in [0.2, 0.25) is 0 Å². The minimum atomic E-state index is -5.13. The van der Waals surface area contributed by atoms with Gasteiger partial charge in [-0.3, -0.25) is 18.6 Å². The zero-order chi connectivity index (χ0) is 44.3.